The van der Waals surface area contributed by atoms with Gasteiger partial charge in [-0.1, -0.05) is 11.5 Å². The Morgan fingerprint density at radius 1 is 0.950 bits per heavy atom. The number of hydrogen-bond acceptors (Lipinski definition) is 2. The molecular weight excluding hydrogens is 268 g/mol. The Morgan fingerprint density at radius 3 is 2.05 bits per heavy atom. The highest BCUT2D eigenvalue weighted by Crippen LogP contribution is 2.44. The Bertz CT molecular complexity index is 840. The molecule has 0 atom stereocenters. The van der Waals surface area contributed by atoms with Gasteiger partial charge in [-0.2, -0.15) is 0 Å². The van der Waals surface area contributed by atoms with Gasteiger partial charge in [-0.25, -0.2) is 8.42 Å². The van der Waals surface area contributed by atoms with E-state index in [0.717, 1.165) is 33.4 Å². The van der Waals surface area contributed by atoms with Crippen molar-refractivity contribution in [3.05, 3.63) is 56.8 Å². The summed E-state index contributed by atoms with van der Waals surface area (Å²) in [6.07, 6.45) is 1.46. The molecule has 0 aromatic heterocycles. The van der Waals surface area contributed by atoms with Crippen LogP contribution >= 0.6 is 0 Å². The van der Waals surface area contributed by atoms with Crippen molar-refractivity contribution in [3.8, 4) is 0 Å². The van der Waals surface area contributed by atoms with Crippen molar-refractivity contribution in [1.29, 1.82) is 0 Å². The van der Waals surface area contributed by atoms with Gasteiger partial charge in [0.2, 0.25) is 9.84 Å². The number of sulfone groups is 1. The summed E-state index contributed by atoms with van der Waals surface area (Å²) in [4.78, 5) is 0.757. The molecule has 104 valence electrons. The molecule has 20 heavy (non-hydrogen) atoms. The van der Waals surface area contributed by atoms with Crippen molar-refractivity contribution < 1.29 is 8.42 Å². The molecule has 1 aliphatic rings. The third-order valence-electron chi connectivity index (χ3n) is 4.24. The highest BCUT2D eigenvalue weighted by atomic mass is 32.2. The van der Waals surface area contributed by atoms with E-state index in [1.807, 2.05) is 34.6 Å². The van der Waals surface area contributed by atoms with Crippen LogP contribution in [-0.4, -0.2) is 8.42 Å². The third kappa shape index (κ3) is 1.76. The second-order valence-electron chi connectivity index (χ2n) is 5.16. The van der Waals surface area contributed by atoms with Crippen LogP contribution in [0.15, 0.2) is 33.9 Å². The van der Waals surface area contributed by atoms with E-state index in [9.17, 15) is 8.42 Å². The Kier molecular flexibility index (Phi) is 3.39. The van der Waals surface area contributed by atoms with Gasteiger partial charge >= 0.3 is 0 Å². The van der Waals surface area contributed by atoms with Crippen molar-refractivity contribution in [3.63, 3.8) is 0 Å². The lowest BCUT2D eigenvalue weighted by atomic mass is 9.91. The Labute approximate surface area is 120 Å². The highest BCUT2D eigenvalue weighted by molar-refractivity contribution is 7.96. The molecule has 3 heteroatoms. The Hall–Kier alpha value is -1.79. The average Bonchev–Trinajstić information content (AvgIpc) is 2.59. The normalized spacial score (nSPS) is 15.7. The molecule has 0 fully saturated rings. The average molecular weight is 286 g/mol. The van der Waals surface area contributed by atoms with Gasteiger partial charge < -0.3 is 0 Å². The summed E-state index contributed by atoms with van der Waals surface area (Å²) in [5.74, 6) is 0. The molecule has 0 saturated heterocycles. The summed E-state index contributed by atoms with van der Waals surface area (Å²) in [7, 11) is -3.47. The topological polar surface area (TPSA) is 34.1 Å². The first-order valence-electron chi connectivity index (χ1n) is 6.42. The minimum Gasteiger partial charge on any atom is -0.218 e. The maximum Gasteiger partial charge on any atom is 0.208 e. The predicted molar refractivity (Wildman–Crippen MR) is 82.4 cm³/mol. The molecule has 1 aromatic rings. The molecule has 0 bridgehead atoms. The van der Waals surface area contributed by atoms with Gasteiger partial charge in [0.25, 0.3) is 0 Å². The standard InChI is InChI=1S/C17H18O2S/c1-7-8-9-15-14(6)16-12(4)10(2)11(3)13(5)17(16)20(15,18)19/h9H,1H2,2-6H3. The number of fused-ring (bicyclic) bond motifs is 1. The molecule has 0 radical (unpaired) electrons. The lowest BCUT2D eigenvalue weighted by molar-refractivity contribution is 0.603. The van der Waals surface area contributed by atoms with Gasteiger partial charge in [0.1, 0.15) is 0 Å². The van der Waals surface area contributed by atoms with E-state index in [-0.39, 0.29) is 0 Å². The zero-order valence-electron chi connectivity index (χ0n) is 12.5. The molecule has 2 rings (SSSR count). The molecule has 0 N–H and O–H groups in total. The minimum atomic E-state index is -3.47. The van der Waals surface area contributed by atoms with E-state index in [0.29, 0.717) is 9.80 Å². The van der Waals surface area contributed by atoms with Crippen molar-refractivity contribution >= 4 is 15.4 Å². The molecule has 0 unspecified atom stereocenters. The van der Waals surface area contributed by atoms with E-state index in [1.54, 1.807) is 0 Å². The first kappa shape index (κ1) is 14.6. The van der Waals surface area contributed by atoms with Gasteiger partial charge in [-0.05, 0) is 69.0 Å². The Morgan fingerprint density at radius 2 is 1.50 bits per heavy atom. The molecule has 0 aliphatic carbocycles. The van der Waals surface area contributed by atoms with Gasteiger partial charge in [-0.15, -0.1) is 0 Å². The van der Waals surface area contributed by atoms with Gasteiger partial charge in [0, 0.05) is 11.6 Å². The van der Waals surface area contributed by atoms with Crippen molar-refractivity contribution in [2.45, 2.75) is 39.5 Å². The summed E-state index contributed by atoms with van der Waals surface area (Å²) in [5.41, 5.74) is 10.8. The number of benzene rings is 1. The van der Waals surface area contributed by atoms with Gasteiger partial charge in [-0.3, -0.25) is 0 Å². The van der Waals surface area contributed by atoms with Crippen molar-refractivity contribution in [1.82, 2.24) is 0 Å². The monoisotopic (exact) mass is 286 g/mol. The van der Waals surface area contributed by atoms with Gasteiger partial charge in [0.05, 0.1) is 9.80 Å². The predicted octanol–water partition coefficient (Wildman–Crippen LogP) is 3.93. The van der Waals surface area contributed by atoms with Crippen LogP contribution in [0.1, 0.15) is 34.7 Å². The fourth-order valence-electron chi connectivity index (χ4n) is 2.80. The van der Waals surface area contributed by atoms with Crippen LogP contribution in [0.25, 0.3) is 5.57 Å². The van der Waals surface area contributed by atoms with Crippen LogP contribution in [0.4, 0.5) is 0 Å². The van der Waals surface area contributed by atoms with E-state index < -0.39 is 9.84 Å². The first-order chi connectivity index (χ1) is 9.25. The summed E-state index contributed by atoms with van der Waals surface area (Å²) in [6.45, 7) is 13.1. The van der Waals surface area contributed by atoms with E-state index in [4.69, 9.17) is 0 Å². The van der Waals surface area contributed by atoms with Crippen LogP contribution in [0, 0.1) is 27.7 Å². The zero-order chi connectivity index (χ0) is 15.2. The lowest BCUT2D eigenvalue weighted by Crippen LogP contribution is -2.05. The van der Waals surface area contributed by atoms with Crippen LogP contribution in [-0.2, 0) is 9.84 Å². The van der Waals surface area contributed by atoms with Gasteiger partial charge in [0.15, 0.2) is 0 Å². The third-order valence-corrected chi connectivity index (χ3v) is 6.29. The molecule has 1 aliphatic heterocycles. The fraction of sp³-hybridized carbons (Fsp3) is 0.294. The second-order valence-corrected chi connectivity index (χ2v) is 7.02. The molecule has 2 nitrogen and oxygen atoms in total. The van der Waals surface area contributed by atoms with E-state index in [1.165, 1.54) is 6.08 Å². The summed E-state index contributed by atoms with van der Waals surface area (Å²) in [6, 6.07) is 0. The van der Waals surface area contributed by atoms with Crippen LogP contribution < -0.4 is 0 Å². The van der Waals surface area contributed by atoms with Crippen LogP contribution in [0.5, 0.6) is 0 Å². The van der Waals surface area contributed by atoms with E-state index >= 15 is 0 Å². The van der Waals surface area contributed by atoms with Crippen LogP contribution in [0.2, 0.25) is 0 Å². The summed E-state index contributed by atoms with van der Waals surface area (Å²) < 4.78 is 25.5. The SMILES string of the molecule is C=C=C=CC1=C(C)c2c(C)c(C)c(C)c(C)c2S1(=O)=O. The molecule has 0 amide bonds. The van der Waals surface area contributed by atoms with Crippen molar-refractivity contribution in [2.75, 3.05) is 0 Å². The smallest absolute Gasteiger partial charge is 0.208 e. The maximum atomic E-state index is 12.8. The summed E-state index contributed by atoms with van der Waals surface area (Å²) >= 11 is 0. The van der Waals surface area contributed by atoms with Crippen LogP contribution in [0.3, 0.4) is 0 Å². The maximum absolute atomic E-state index is 12.8. The number of rotatable bonds is 1. The zero-order valence-corrected chi connectivity index (χ0v) is 13.3. The first-order valence-corrected chi connectivity index (χ1v) is 7.91. The molecule has 0 saturated carbocycles. The van der Waals surface area contributed by atoms with E-state index in [2.05, 4.69) is 18.0 Å². The number of hydrogen-bond donors (Lipinski definition) is 0. The minimum absolute atomic E-state index is 0.305. The molecule has 1 heterocycles. The molecular formula is C17H18O2S. The largest absolute Gasteiger partial charge is 0.218 e. The Balaban J connectivity index is 3.03. The summed E-state index contributed by atoms with van der Waals surface area (Å²) in [5, 5.41) is 0. The van der Waals surface area contributed by atoms with Crippen molar-refractivity contribution in [2.24, 2.45) is 0 Å². The second kappa shape index (κ2) is 4.64. The highest BCUT2D eigenvalue weighted by Gasteiger charge is 2.36. The lowest BCUT2D eigenvalue weighted by Gasteiger charge is -2.15. The quantitative estimate of drug-likeness (QED) is 0.733. The number of allylic oxidation sites excluding steroid dienone is 2. The fourth-order valence-corrected chi connectivity index (χ4v) is 4.87. The molecule has 1 aromatic carbocycles. The molecule has 0 spiro atoms.